The Hall–Kier alpha value is -1.77. The van der Waals surface area contributed by atoms with Gasteiger partial charge < -0.3 is 10.1 Å². The molecule has 0 aliphatic heterocycles. The van der Waals surface area contributed by atoms with Gasteiger partial charge in [0.25, 0.3) is 0 Å². The Morgan fingerprint density at radius 3 is 2.88 bits per heavy atom. The van der Waals surface area contributed by atoms with Crippen LogP contribution in [0.1, 0.15) is 24.5 Å². The fourth-order valence-electron chi connectivity index (χ4n) is 1.47. The molecular weight excluding hydrogens is 214 g/mol. The standard InChI is InChI=1S/C14H19NO2/c1-11-7-8-14(17-3)10-13(11)6-4-5-9-15-12(2)16/h4,6-8,10H,5,9H2,1-3H3,(H,15,16). The van der Waals surface area contributed by atoms with Crippen LogP contribution in [0.2, 0.25) is 0 Å². The van der Waals surface area contributed by atoms with Crippen LogP contribution in [0.15, 0.2) is 24.3 Å². The van der Waals surface area contributed by atoms with E-state index in [4.69, 9.17) is 4.74 Å². The largest absolute Gasteiger partial charge is 0.497 e. The summed E-state index contributed by atoms with van der Waals surface area (Å²) in [6, 6.07) is 5.99. The molecule has 0 radical (unpaired) electrons. The SMILES string of the molecule is COc1ccc(C)c(C=CCCNC(C)=O)c1. The Kier molecular flexibility index (Phi) is 5.27. The first-order chi connectivity index (χ1) is 8.13. The Morgan fingerprint density at radius 2 is 2.24 bits per heavy atom. The number of ether oxygens (including phenoxy) is 1. The number of amides is 1. The van der Waals surface area contributed by atoms with Gasteiger partial charge in [0.2, 0.25) is 5.91 Å². The normalized spacial score (nSPS) is 10.5. The Morgan fingerprint density at radius 1 is 1.47 bits per heavy atom. The molecule has 1 N–H and O–H groups in total. The van der Waals surface area contributed by atoms with E-state index in [0.717, 1.165) is 17.7 Å². The number of methoxy groups -OCH3 is 1. The van der Waals surface area contributed by atoms with Crippen LogP contribution < -0.4 is 10.1 Å². The minimum absolute atomic E-state index is 0.0101. The molecule has 1 aromatic carbocycles. The maximum atomic E-state index is 10.7. The number of aryl methyl sites for hydroxylation is 1. The summed E-state index contributed by atoms with van der Waals surface area (Å²) in [5.74, 6) is 0.869. The van der Waals surface area contributed by atoms with Gasteiger partial charge in [-0.05, 0) is 36.6 Å². The van der Waals surface area contributed by atoms with Crippen LogP contribution in [0, 0.1) is 6.92 Å². The van der Waals surface area contributed by atoms with E-state index in [2.05, 4.69) is 24.4 Å². The van der Waals surface area contributed by atoms with Crippen molar-refractivity contribution in [2.45, 2.75) is 20.3 Å². The number of hydrogen-bond acceptors (Lipinski definition) is 2. The van der Waals surface area contributed by atoms with Gasteiger partial charge in [-0.15, -0.1) is 0 Å². The molecule has 0 heterocycles. The zero-order valence-electron chi connectivity index (χ0n) is 10.6. The molecule has 0 aliphatic rings. The third-order valence-corrected chi connectivity index (χ3v) is 2.47. The molecule has 0 atom stereocenters. The van der Waals surface area contributed by atoms with Crippen molar-refractivity contribution in [3.63, 3.8) is 0 Å². The number of carbonyl (C=O) groups excluding carboxylic acids is 1. The maximum absolute atomic E-state index is 10.7. The van der Waals surface area contributed by atoms with Gasteiger partial charge in [-0.2, -0.15) is 0 Å². The third-order valence-electron chi connectivity index (χ3n) is 2.47. The van der Waals surface area contributed by atoms with Gasteiger partial charge in [0, 0.05) is 13.5 Å². The lowest BCUT2D eigenvalue weighted by Gasteiger charge is -2.04. The van der Waals surface area contributed by atoms with Crippen molar-refractivity contribution in [1.82, 2.24) is 5.32 Å². The molecule has 17 heavy (non-hydrogen) atoms. The van der Waals surface area contributed by atoms with Crippen LogP contribution >= 0.6 is 0 Å². The van der Waals surface area contributed by atoms with E-state index in [9.17, 15) is 4.79 Å². The van der Waals surface area contributed by atoms with E-state index < -0.39 is 0 Å². The number of rotatable bonds is 5. The van der Waals surface area contributed by atoms with Crippen molar-refractivity contribution in [3.05, 3.63) is 35.4 Å². The fourth-order valence-corrected chi connectivity index (χ4v) is 1.47. The summed E-state index contributed by atoms with van der Waals surface area (Å²) >= 11 is 0. The van der Waals surface area contributed by atoms with Gasteiger partial charge in [-0.25, -0.2) is 0 Å². The number of carbonyl (C=O) groups is 1. The fraction of sp³-hybridized carbons (Fsp3) is 0.357. The van der Waals surface area contributed by atoms with Gasteiger partial charge in [0.05, 0.1) is 7.11 Å². The highest BCUT2D eigenvalue weighted by Gasteiger charge is 1.96. The third kappa shape index (κ3) is 4.72. The van der Waals surface area contributed by atoms with Crippen LogP contribution in [0.5, 0.6) is 5.75 Å². The second kappa shape index (κ2) is 6.74. The Labute approximate surface area is 102 Å². The molecule has 1 amide bonds. The number of nitrogens with one attached hydrogen (secondary N) is 1. The van der Waals surface area contributed by atoms with E-state index in [1.54, 1.807) is 7.11 Å². The van der Waals surface area contributed by atoms with Crippen LogP contribution in [0.4, 0.5) is 0 Å². The quantitative estimate of drug-likeness (QED) is 0.794. The zero-order chi connectivity index (χ0) is 12.7. The second-order valence-electron chi connectivity index (χ2n) is 3.90. The molecule has 0 fully saturated rings. The smallest absolute Gasteiger partial charge is 0.216 e. The van der Waals surface area contributed by atoms with Crippen molar-refractivity contribution >= 4 is 12.0 Å². The van der Waals surface area contributed by atoms with Gasteiger partial charge in [0.1, 0.15) is 5.75 Å². The summed E-state index contributed by atoms with van der Waals surface area (Å²) in [5, 5.41) is 2.75. The topological polar surface area (TPSA) is 38.3 Å². The van der Waals surface area contributed by atoms with Crippen molar-refractivity contribution in [2.75, 3.05) is 13.7 Å². The lowest BCUT2D eigenvalue weighted by molar-refractivity contribution is -0.118. The molecule has 92 valence electrons. The first-order valence-electron chi connectivity index (χ1n) is 5.69. The van der Waals surface area contributed by atoms with E-state index in [1.807, 2.05) is 18.2 Å². The van der Waals surface area contributed by atoms with Crippen molar-refractivity contribution < 1.29 is 9.53 Å². The van der Waals surface area contributed by atoms with E-state index in [0.29, 0.717) is 6.54 Å². The van der Waals surface area contributed by atoms with E-state index in [-0.39, 0.29) is 5.91 Å². The number of hydrogen-bond donors (Lipinski definition) is 1. The summed E-state index contributed by atoms with van der Waals surface area (Å²) in [6.07, 6.45) is 4.94. The lowest BCUT2D eigenvalue weighted by Crippen LogP contribution is -2.20. The molecule has 1 rings (SSSR count). The lowest BCUT2D eigenvalue weighted by atomic mass is 10.1. The van der Waals surface area contributed by atoms with Crippen molar-refractivity contribution in [1.29, 1.82) is 0 Å². The molecule has 0 unspecified atom stereocenters. The molecule has 3 heteroatoms. The second-order valence-corrected chi connectivity index (χ2v) is 3.90. The van der Waals surface area contributed by atoms with Gasteiger partial charge in [0.15, 0.2) is 0 Å². The minimum atomic E-state index is 0.0101. The molecule has 0 aliphatic carbocycles. The monoisotopic (exact) mass is 233 g/mol. The Bertz CT molecular complexity index is 411. The van der Waals surface area contributed by atoms with Gasteiger partial charge >= 0.3 is 0 Å². The van der Waals surface area contributed by atoms with Crippen LogP contribution in [0.3, 0.4) is 0 Å². The summed E-state index contributed by atoms with van der Waals surface area (Å²) < 4.78 is 5.18. The molecule has 1 aromatic rings. The van der Waals surface area contributed by atoms with Crippen LogP contribution in [0.25, 0.3) is 6.08 Å². The summed E-state index contributed by atoms with van der Waals surface area (Å²) in [4.78, 5) is 10.7. The summed E-state index contributed by atoms with van der Waals surface area (Å²) in [6.45, 7) is 4.26. The van der Waals surface area contributed by atoms with Crippen LogP contribution in [-0.4, -0.2) is 19.6 Å². The molecule has 0 saturated heterocycles. The highest BCUT2D eigenvalue weighted by Crippen LogP contribution is 2.18. The average molecular weight is 233 g/mol. The maximum Gasteiger partial charge on any atom is 0.216 e. The van der Waals surface area contributed by atoms with Gasteiger partial charge in [-0.1, -0.05) is 18.2 Å². The molecule has 0 spiro atoms. The molecular formula is C14H19NO2. The summed E-state index contributed by atoms with van der Waals surface area (Å²) in [7, 11) is 1.66. The van der Waals surface area contributed by atoms with Crippen molar-refractivity contribution in [2.24, 2.45) is 0 Å². The molecule has 0 bridgehead atoms. The summed E-state index contributed by atoms with van der Waals surface area (Å²) in [5.41, 5.74) is 2.36. The first kappa shape index (κ1) is 13.3. The number of benzene rings is 1. The van der Waals surface area contributed by atoms with Crippen LogP contribution in [-0.2, 0) is 4.79 Å². The Balaban J connectivity index is 2.55. The van der Waals surface area contributed by atoms with Crippen molar-refractivity contribution in [3.8, 4) is 5.75 Å². The first-order valence-corrected chi connectivity index (χ1v) is 5.69. The predicted molar refractivity (Wildman–Crippen MR) is 70.1 cm³/mol. The molecule has 0 saturated carbocycles. The molecule has 0 aromatic heterocycles. The highest BCUT2D eigenvalue weighted by atomic mass is 16.5. The highest BCUT2D eigenvalue weighted by molar-refractivity contribution is 5.72. The van der Waals surface area contributed by atoms with Gasteiger partial charge in [-0.3, -0.25) is 4.79 Å². The zero-order valence-corrected chi connectivity index (χ0v) is 10.6. The average Bonchev–Trinajstić information content (AvgIpc) is 2.30. The van der Waals surface area contributed by atoms with E-state index >= 15 is 0 Å². The van der Waals surface area contributed by atoms with E-state index in [1.165, 1.54) is 12.5 Å². The molecule has 3 nitrogen and oxygen atoms in total. The predicted octanol–water partition coefficient (Wildman–Crippen LogP) is 2.54. The minimum Gasteiger partial charge on any atom is -0.497 e.